The molecule has 0 aromatic heterocycles. The van der Waals surface area contributed by atoms with Gasteiger partial charge >= 0.3 is 0 Å². The molecule has 5 heteroatoms. The minimum absolute atomic E-state index is 0.352. The van der Waals surface area contributed by atoms with E-state index in [0.717, 1.165) is 39.3 Å². The maximum atomic E-state index is 6.26. The Morgan fingerprint density at radius 1 is 1.09 bits per heavy atom. The van der Waals surface area contributed by atoms with E-state index in [1.807, 2.05) is 18.2 Å². The van der Waals surface area contributed by atoms with Crippen LogP contribution in [0.4, 0.5) is 0 Å². The zero-order chi connectivity index (χ0) is 16.1. The molecule has 1 unspecified atom stereocenters. The van der Waals surface area contributed by atoms with Crippen LogP contribution < -0.4 is 0 Å². The van der Waals surface area contributed by atoms with Gasteiger partial charge in [0.25, 0.3) is 0 Å². The highest BCUT2D eigenvalue weighted by Gasteiger charge is 2.31. The van der Waals surface area contributed by atoms with Crippen LogP contribution in [0.15, 0.2) is 18.2 Å². The summed E-state index contributed by atoms with van der Waals surface area (Å²) in [6.07, 6.45) is 6.24. The summed E-state index contributed by atoms with van der Waals surface area (Å²) in [6, 6.07) is 6.38. The SMILES string of the molecule is Clc1ccc(CCO[C@H]2CCCCC2N2CCOCC2)cc1Cl. The van der Waals surface area contributed by atoms with Gasteiger partial charge in [-0.1, -0.05) is 42.1 Å². The van der Waals surface area contributed by atoms with Crippen LogP contribution >= 0.6 is 23.2 Å². The molecule has 1 saturated heterocycles. The predicted molar refractivity (Wildman–Crippen MR) is 94.6 cm³/mol. The molecular formula is C18H25Cl2NO2. The van der Waals surface area contributed by atoms with Gasteiger partial charge in [-0.2, -0.15) is 0 Å². The fourth-order valence-corrected chi connectivity index (χ4v) is 3.94. The molecule has 1 aliphatic heterocycles. The highest BCUT2D eigenvalue weighted by atomic mass is 35.5. The van der Waals surface area contributed by atoms with Crippen LogP contribution in [-0.4, -0.2) is 50.0 Å². The topological polar surface area (TPSA) is 21.7 Å². The molecule has 0 amide bonds. The van der Waals surface area contributed by atoms with Gasteiger partial charge < -0.3 is 9.47 Å². The molecule has 23 heavy (non-hydrogen) atoms. The van der Waals surface area contributed by atoms with Gasteiger partial charge in [-0.25, -0.2) is 0 Å². The van der Waals surface area contributed by atoms with Gasteiger partial charge in [-0.05, 0) is 37.0 Å². The van der Waals surface area contributed by atoms with E-state index in [0.29, 0.717) is 22.2 Å². The summed E-state index contributed by atoms with van der Waals surface area (Å²) in [5.74, 6) is 0. The van der Waals surface area contributed by atoms with Gasteiger partial charge in [0.1, 0.15) is 0 Å². The van der Waals surface area contributed by atoms with Gasteiger partial charge in [0.15, 0.2) is 0 Å². The van der Waals surface area contributed by atoms with Crippen molar-refractivity contribution in [3.63, 3.8) is 0 Å². The lowest BCUT2D eigenvalue weighted by molar-refractivity contribution is -0.0647. The maximum absolute atomic E-state index is 6.26. The van der Waals surface area contributed by atoms with E-state index in [-0.39, 0.29) is 0 Å². The first-order chi connectivity index (χ1) is 11.2. The van der Waals surface area contributed by atoms with Crippen LogP contribution in [0, 0.1) is 0 Å². The summed E-state index contributed by atoms with van der Waals surface area (Å²) in [5.41, 5.74) is 1.18. The van der Waals surface area contributed by atoms with E-state index < -0.39 is 0 Å². The molecule has 3 nitrogen and oxygen atoms in total. The summed E-state index contributed by atoms with van der Waals surface area (Å²) < 4.78 is 11.7. The number of nitrogens with zero attached hydrogens (tertiary/aromatic N) is 1. The van der Waals surface area contributed by atoms with Crippen molar-refractivity contribution in [3.05, 3.63) is 33.8 Å². The molecule has 0 spiro atoms. The van der Waals surface area contributed by atoms with Crippen molar-refractivity contribution in [2.75, 3.05) is 32.9 Å². The zero-order valence-corrected chi connectivity index (χ0v) is 15.0. The van der Waals surface area contributed by atoms with Crippen molar-refractivity contribution in [1.29, 1.82) is 0 Å². The molecule has 128 valence electrons. The van der Waals surface area contributed by atoms with Crippen LogP contribution in [0.2, 0.25) is 10.0 Å². The maximum Gasteiger partial charge on any atom is 0.0730 e. The van der Waals surface area contributed by atoms with E-state index >= 15 is 0 Å². The van der Waals surface area contributed by atoms with E-state index in [1.54, 1.807) is 0 Å². The molecule has 2 fully saturated rings. The van der Waals surface area contributed by atoms with Crippen LogP contribution in [0.1, 0.15) is 31.2 Å². The fourth-order valence-electron chi connectivity index (χ4n) is 3.62. The van der Waals surface area contributed by atoms with Crippen LogP contribution in [0.3, 0.4) is 0 Å². The molecule has 0 bridgehead atoms. The van der Waals surface area contributed by atoms with Crippen molar-refractivity contribution in [2.45, 2.75) is 44.2 Å². The van der Waals surface area contributed by atoms with Gasteiger partial charge in [-0.3, -0.25) is 4.90 Å². The predicted octanol–water partition coefficient (Wildman–Crippen LogP) is 4.20. The molecule has 0 radical (unpaired) electrons. The minimum atomic E-state index is 0.352. The molecule has 2 atom stereocenters. The Bertz CT molecular complexity index is 506. The number of rotatable bonds is 5. The molecule has 1 aromatic carbocycles. The van der Waals surface area contributed by atoms with E-state index in [2.05, 4.69) is 4.90 Å². The second-order valence-corrected chi connectivity index (χ2v) is 7.22. The van der Waals surface area contributed by atoms with Gasteiger partial charge in [0.05, 0.1) is 36.0 Å². The first-order valence-corrected chi connectivity index (χ1v) is 9.37. The third-order valence-corrected chi connectivity index (χ3v) is 5.63. The highest BCUT2D eigenvalue weighted by molar-refractivity contribution is 6.42. The number of ether oxygens (including phenoxy) is 2. The first kappa shape index (κ1) is 17.5. The first-order valence-electron chi connectivity index (χ1n) is 8.61. The summed E-state index contributed by atoms with van der Waals surface area (Å²) in [6.45, 7) is 4.52. The smallest absolute Gasteiger partial charge is 0.0730 e. The Balaban J connectivity index is 1.51. The number of morpholine rings is 1. The molecule has 1 saturated carbocycles. The lowest BCUT2D eigenvalue weighted by atomic mass is 9.91. The van der Waals surface area contributed by atoms with Gasteiger partial charge in [0.2, 0.25) is 0 Å². The summed E-state index contributed by atoms with van der Waals surface area (Å²) in [4.78, 5) is 2.56. The lowest BCUT2D eigenvalue weighted by Gasteiger charge is -2.41. The van der Waals surface area contributed by atoms with Crippen LogP contribution in [0.5, 0.6) is 0 Å². The van der Waals surface area contributed by atoms with Crippen LogP contribution in [0.25, 0.3) is 0 Å². The van der Waals surface area contributed by atoms with Crippen molar-refractivity contribution < 1.29 is 9.47 Å². The Labute approximate surface area is 148 Å². The Hall–Kier alpha value is -0.320. The summed E-state index contributed by atoms with van der Waals surface area (Å²) >= 11 is 12.0. The lowest BCUT2D eigenvalue weighted by Crippen LogP contribution is -2.51. The largest absolute Gasteiger partial charge is 0.379 e. The number of benzene rings is 1. The molecule has 1 aliphatic carbocycles. The quantitative estimate of drug-likeness (QED) is 0.788. The van der Waals surface area contributed by atoms with Gasteiger partial charge in [0, 0.05) is 19.1 Å². The summed E-state index contributed by atoms with van der Waals surface area (Å²) in [5, 5.41) is 1.23. The van der Waals surface area contributed by atoms with Crippen molar-refractivity contribution in [3.8, 4) is 0 Å². The van der Waals surface area contributed by atoms with Crippen molar-refractivity contribution >= 4 is 23.2 Å². The number of hydrogen-bond donors (Lipinski definition) is 0. The zero-order valence-electron chi connectivity index (χ0n) is 13.5. The normalized spacial score (nSPS) is 26.3. The van der Waals surface area contributed by atoms with E-state index in [1.165, 1.54) is 31.2 Å². The molecule has 1 heterocycles. The standard InChI is InChI=1S/C18H25Cl2NO2/c19-15-6-5-14(13-16(15)20)7-10-23-18-4-2-1-3-17(18)21-8-11-22-12-9-21/h5-6,13,17-18H,1-4,7-12H2/t17?,18-/m0/s1. The molecular weight excluding hydrogens is 333 g/mol. The minimum Gasteiger partial charge on any atom is -0.379 e. The van der Waals surface area contributed by atoms with Crippen LogP contribution in [-0.2, 0) is 15.9 Å². The molecule has 2 aliphatic rings. The third kappa shape index (κ3) is 4.83. The molecule has 1 aromatic rings. The Morgan fingerprint density at radius 2 is 1.87 bits per heavy atom. The average molecular weight is 358 g/mol. The van der Waals surface area contributed by atoms with Crippen molar-refractivity contribution in [1.82, 2.24) is 4.90 Å². The monoisotopic (exact) mass is 357 g/mol. The van der Waals surface area contributed by atoms with E-state index in [9.17, 15) is 0 Å². The fraction of sp³-hybridized carbons (Fsp3) is 0.667. The Kier molecular flexibility index (Phi) is 6.61. The Morgan fingerprint density at radius 3 is 2.65 bits per heavy atom. The second kappa shape index (κ2) is 8.68. The molecule has 3 rings (SSSR count). The third-order valence-electron chi connectivity index (χ3n) is 4.89. The van der Waals surface area contributed by atoms with Crippen molar-refractivity contribution in [2.24, 2.45) is 0 Å². The highest BCUT2D eigenvalue weighted by Crippen LogP contribution is 2.27. The van der Waals surface area contributed by atoms with Gasteiger partial charge in [-0.15, -0.1) is 0 Å². The number of halogens is 2. The second-order valence-electron chi connectivity index (χ2n) is 6.41. The number of hydrogen-bond acceptors (Lipinski definition) is 3. The summed E-state index contributed by atoms with van der Waals surface area (Å²) in [7, 11) is 0. The molecule has 0 N–H and O–H groups in total. The van der Waals surface area contributed by atoms with E-state index in [4.69, 9.17) is 32.7 Å². The average Bonchev–Trinajstić information content (AvgIpc) is 2.59.